The Labute approximate surface area is 178 Å². The Morgan fingerprint density at radius 3 is 2.42 bits per heavy atom. The van der Waals surface area contributed by atoms with Crippen LogP contribution in [-0.4, -0.2) is 57.9 Å². The van der Waals surface area contributed by atoms with Gasteiger partial charge in [0, 0.05) is 28.8 Å². The van der Waals surface area contributed by atoms with Crippen LogP contribution in [0.25, 0.3) is 10.9 Å². The van der Waals surface area contributed by atoms with Gasteiger partial charge in [0.15, 0.2) is 0 Å². The van der Waals surface area contributed by atoms with E-state index in [0.717, 1.165) is 0 Å². The fourth-order valence-corrected chi connectivity index (χ4v) is 3.28. The van der Waals surface area contributed by atoms with E-state index in [1.807, 2.05) is 0 Å². The summed E-state index contributed by atoms with van der Waals surface area (Å²) in [7, 11) is 2.83. The van der Waals surface area contributed by atoms with Crippen LogP contribution in [0, 0.1) is 6.92 Å². The van der Waals surface area contributed by atoms with Crippen LogP contribution in [0.5, 0.6) is 11.5 Å². The van der Waals surface area contributed by atoms with Gasteiger partial charge in [0.05, 0.1) is 19.7 Å². The smallest absolute Gasteiger partial charge is 0.254 e. The average Bonchev–Trinajstić information content (AvgIpc) is 2.78. The average molecular weight is 428 g/mol. The van der Waals surface area contributed by atoms with Crippen LogP contribution >= 0.6 is 0 Å². The number of amides is 1. The molecular formula is C22H24N2O7. The largest absolute Gasteiger partial charge is 0.497 e. The molecule has 0 bridgehead atoms. The topological polar surface area (TPSA) is 141 Å². The van der Waals surface area contributed by atoms with Gasteiger partial charge in [-0.3, -0.25) is 9.78 Å². The highest BCUT2D eigenvalue weighted by Crippen LogP contribution is 2.37. The molecule has 0 aliphatic heterocycles. The number of rotatable bonds is 7. The number of fused-ring (bicyclic) bond motifs is 1. The predicted molar refractivity (Wildman–Crippen MR) is 112 cm³/mol. The second-order valence-electron chi connectivity index (χ2n) is 7.07. The van der Waals surface area contributed by atoms with Crippen molar-refractivity contribution in [3.8, 4) is 11.5 Å². The molecule has 2 aromatic carbocycles. The van der Waals surface area contributed by atoms with E-state index in [1.165, 1.54) is 32.5 Å². The summed E-state index contributed by atoms with van der Waals surface area (Å²) in [4.78, 5) is 17.3. The monoisotopic (exact) mass is 428 g/mol. The van der Waals surface area contributed by atoms with E-state index in [9.17, 15) is 25.2 Å². The van der Waals surface area contributed by atoms with Crippen molar-refractivity contribution in [3.05, 3.63) is 65.4 Å². The molecule has 31 heavy (non-hydrogen) atoms. The lowest BCUT2D eigenvalue weighted by atomic mass is 9.89. The third-order valence-electron chi connectivity index (χ3n) is 5.10. The van der Waals surface area contributed by atoms with E-state index in [2.05, 4.69) is 10.3 Å². The number of aromatic nitrogens is 1. The fraction of sp³-hybridized carbons (Fsp3) is 0.273. The summed E-state index contributed by atoms with van der Waals surface area (Å²) in [5, 5.41) is 44.8. The number of ether oxygens (including phenoxy) is 2. The molecule has 1 atom stereocenters. The number of aryl methyl sites for hydroxylation is 1. The summed E-state index contributed by atoms with van der Waals surface area (Å²) in [5.41, 5.74) is -1.89. The summed E-state index contributed by atoms with van der Waals surface area (Å²) in [5.74, 6) is -3.32. The number of carbonyl (C=O) groups excluding carboxylic acids is 1. The summed E-state index contributed by atoms with van der Waals surface area (Å²) in [6.07, 6.45) is 1.51. The molecule has 0 aliphatic rings. The van der Waals surface area contributed by atoms with Crippen molar-refractivity contribution in [2.24, 2.45) is 0 Å². The maximum absolute atomic E-state index is 13.1. The van der Waals surface area contributed by atoms with Crippen molar-refractivity contribution in [2.75, 3.05) is 20.8 Å². The molecule has 0 saturated heterocycles. The predicted octanol–water partition coefficient (Wildman–Crippen LogP) is 0.809. The van der Waals surface area contributed by atoms with Gasteiger partial charge >= 0.3 is 0 Å². The Kier molecular flexibility index (Phi) is 6.14. The minimum absolute atomic E-state index is 0.122. The zero-order valence-electron chi connectivity index (χ0n) is 17.3. The summed E-state index contributed by atoms with van der Waals surface area (Å²) in [6.45, 7) is 0.398. The lowest BCUT2D eigenvalue weighted by Crippen LogP contribution is -2.64. The van der Waals surface area contributed by atoms with Crippen LogP contribution < -0.4 is 14.8 Å². The maximum atomic E-state index is 13.1. The SMILES string of the molecule is COc1ccc(C)c(C(=O)NC(O)(c2cc(OC)cc3ncccc23)C(O)(O)CO)c1. The van der Waals surface area contributed by atoms with Gasteiger partial charge in [0.1, 0.15) is 18.1 Å². The van der Waals surface area contributed by atoms with Gasteiger partial charge < -0.3 is 35.2 Å². The lowest BCUT2D eigenvalue weighted by molar-refractivity contribution is -0.302. The number of pyridine rings is 1. The highest BCUT2D eigenvalue weighted by atomic mass is 16.5. The summed E-state index contributed by atoms with van der Waals surface area (Å²) < 4.78 is 10.4. The van der Waals surface area contributed by atoms with E-state index < -0.39 is 24.0 Å². The van der Waals surface area contributed by atoms with E-state index in [4.69, 9.17) is 9.47 Å². The molecule has 0 saturated carbocycles. The first-order chi connectivity index (χ1) is 14.7. The molecule has 0 fully saturated rings. The second kappa shape index (κ2) is 8.48. The Bertz CT molecular complexity index is 1120. The van der Waals surface area contributed by atoms with Crippen LogP contribution in [0.4, 0.5) is 0 Å². The molecular weight excluding hydrogens is 404 g/mol. The number of hydrogen-bond acceptors (Lipinski definition) is 8. The van der Waals surface area contributed by atoms with Gasteiger partial charge in [-0.05, 0) is 36.8 Å². The maximum Gasteiger partial charge on any atom is 0.254 e. The Balaban J connectivity index is 2.21. The number of hydrogen-bond donors (Lipinski definition) is 5. The van der Waals surface area contributed by atoms with Gasteiger partial charge in [0.25, 0.3) is 5.91 Å². The fourth-order valence-electron chi connectivity index (χ4n) is 3.28. The van der Waals surface area contributed by atoms with Crippen molar-refractivity contribution in [1.82, 2.24) is 10.3 Å². The van der Waals surface area contributed by atoms with Crippen LogP contribution in [0.1, 0.15) is 21.5 Å². The molecule has 1 heterocycles. The highest BCUT2D eigenvalue weighted by molar-refractivity contribution is 5.97. The number of aliphatic hydroxyl groups is 4. The molecule has 9 nitrogen and oxygen atoms in total. The first-order valence-electron chi connectivity index (χ1n) is 9.35. The van der Waals surface area contributed by atoms with E-state index >= 15 is 0 Å². The van der Waals surface area contributed by atoms with Crippen LogP contribution in [-0.2, 0) is 5.72 Å². The molecule has 0 spiro atoms. The van der Waals surface area contributed by atoms with E-state index in [-0.39, 0.29) is 16.9 Å². The number of nitrogens with one attached hydrogen (secondary N) is 1. The van der Waals surface area contributed by atoms with Gasteiger partial charge in [-0.2, -0.15) is 0 Å². The van der Waals surface area contributed by atoms with Gasteiger partial charge in [0.2, 0.25) is 11.5 Å². The van der Waals surface area contributed by atoms with Crippen LogP contribution in [0.3, 0.4) is 0 Å². The first-order valence-corrected chi connectivity index (χ1v) is 9.35. The van der Waals surface area contributed by atoms with Crippen molar-refractivity contribution < 1.29 is 34.7 Å². The van der Waals surface area contributed by atoms with E-state index in [1.54, 1.807) is 37.3 Å². The molecule has 3 rings (SSSR count). The molecule has 1 unspecified atom stereocenters. The van der Waals surface area contributed by atoms with Crippen LogP contribution in [0.2, 0.25) is 0 Å². The third-order valence-corrected chi connectivity index (χ3v) is 5.10. The normalized spacial score (nSPS) is 13.5. The molecule has 0 aliphatic carbocycles. The minimum atomic E-state index is -3.15. The first kappa shape index (κ1) is 22.4. The Morgan fingerprint density at radius 2 is 1.77 bits per heavy atom. The molecule has 3 aromatic rings. The van der Waals surface area contributed by atoms with Crippen molar-refractivity contribution >= 4 is 16.8 Å². The molecule has 5 N–H and O–H groups in total. The summed E-state index contributed by atoms with van der Waals surface area (Å²) in [6, 6.07) is 10.8. The number of nitrogens with zero attached hydrogens (tertiary/aromatic N) is 1. The van der Waals surface area contributed by atoms with Crippen molar-refractivity contribution in [1.29, 1.82) is 0 Å². The molecule has 9 heteroatoms. The minimum Gasteiger partial charge on any atom is -0.497 e. The van der Waals surface area contributed by atoms with Gasteiger partial charge in [-0.1, -0.05) is 12.1 Å². The number of aliphatic hydroxyl groups excluding tert-OH is 1. The third kappa shape index (κ3) is 4.04. The van der Waals surface area contributed by atoms with Gasteiger partial charge in [-0.25, -0.2) is 0 Å². The van der Waals surface area contributed by atoms with Gasteiger partial charge in [-0.15, -0.1) is 0 Å². The number of methoxy groups -OCH3 is 2. The second-order valence-corrected chi connectivity index (χ2v) is 7.07. The number of benzene rings is 2. The zero-order chi connectivity index (χ0) is 22.8. The summed E-state index contributed by atoms with van der Waals surface area (Å²) >= 11 is 0. The molecule has 164 valence electrons. The molecule has 0 radical (unpaired) electrons. The Morgan fingerprint density at radius 1 is 1.06 bits per heavy atom. The van der Waals surface area contributed by atoms with Crippen molar-refractivity contribution in [3.63, 3.8) is 0 Å². The van der Waals surface area contributed by atoms with Crippen LogP contribution in [0.15, 0.2) is 48.7 Å². The highest BCUT2D eigenvalue weighted by Gasteiger charge is 2.52. The van der Waals surface area contributed by atoms with Crippen molar-refractivity contribution in [2.45, 2.75) is 18.4 Å². The molecule has 1 aromatic heterocycles. The lowest BCUT2D eigenvalue weighted by Gasteiger charge is -2.39. The quantitative estimate of drug-likeness (QED) is 0.348. The standard InChI is InChI=1S/C22H24N2O7/c1-13-6-7-14(30-2)9-17(13)20(26)24-22(29,21(27,28)12-25)18-10-15(31-3)11-19-16(18)5-4-8-23-19/h4-11,25,27-29H,12H2,1-3H3,(H,24,26). The zero-order valence-corrected chi connectivity index (χ0v) is 17.3. The number of carbonyl (C=O) groups is 1. The van der Waals surface area contributed by atoms with E-state index in [0.29, 0.717) is 22.2 Å². The molecule has 1 amide bonds. The Hall–Kier alpha value is -3.24.